The number of hydrogen-bond donors (Lipinski definition) is 2. The Hall–Kier alpha value is -4.20. The molecule has 0 unspecified atom stereocenters. The van der Waals surface area contributed by atoms with Crippen LogP contribution in [-0.2, 0) is 17.9 Å². The number of benzene rings is 3. The molecule has 5 rings (SSSR count). The first-order valence-corrected chi connectivity index (χ1v) is 11.5. The summed E-state index contributed by atoms with van der Waals surface area (Å²) in [6.45, 7) is 1.34. The minimum Gasteiger partial charge on any atom is -0.482 e. The van der Waals surface area contributed by atoms with Crippen LogP contribution in [0.15, 0.2) is 78.9 Å². The second-order valence-corrected chi connectivity index (χ2v) is 8.69. The van der Waals surface area contributed by atoms with Crippen LogP contribution in [0.4, 0.5) is 0 Å². The third kappa shape index (κ3) is 5.80. The largest absolute Gasteiger partial charge is 0.482 e. The van der Waals surface area contributed by atoms with Crippen molar-refractivity contribution in [2.45, 2.75) is 13.1 Å². The van der Waals surface area contributed by atoms with Gasteiger partial charge in [-0.3, -0.25) is 4.90 Å². The first-order valence-electron chi connectivity index (χ1n) is 11.5. The van der Waals surface area contributed by atoms with E-state index in [1.54, 1.807) is 18.2 Å². The average molecular weight is 517 g/mol. The Morgan fingerprint density at radius 3 is 2.32 bits per heavy atom. The molecule has 0 spiro atoms. The van der Waals surface area contributed by atoms with E-state index in [-0.39, 0.29) is 18.0 Å². The highest BCUT2D eigenvalue weighted by Gasteiger charge is 2.28. The number of halogens is 1. The Kier molecular flexibility index (Phi) is 7.86. The van der Waals surface area contributed by atoms with Crippen LogP contribution < -0.4 is 4.74 Å². The van der Waals surface area contributed by atoms with Crippen LogP contribution in [0.25, 0.3) is 22.6 Å². The number of nitrogens with zero attached hydrogens (tertiary/aromatic N) is 2. The molecule has 188 valence electrons. The van der Waals surface area contributed by atoms with Crippen molar-refractivity contribution in [1.29, 1.82) is 0 Å². The molecule has 0 saturated heterocycles. The monoisotopic (exact) mass is 516 g/mol. The minimum atomic E-state index is -1.04. The van der Waals surface area contributed by atoms with Gasteiger partial charge in [-0.05, 0) is 41.0 Å². The van der Waals surface area contributed by atoms with Gasteiger partial charge in [0.05, 0.1) is 16.8 Å². The number of rotatable bonds is 7. The summed E-state index contributed by atoms with van der Waals surface area (Å²) >= 11 is 0. The van der Waals surface area contributed by atoms with Gasteiger partial charge in [0.1, 0.15) is 5.75 Å². The molecule has 4 aromatic rings. The number of hydrogen-bond acceptors (Lipinski definition) is 5. The topological polar surface area (TPSA) is 100.0 Å². The molecule has 7 nitrogen and oxygen atoms in total. The number of aromatic carboxylic acids is 1. The van der Waals surface area contributed by atoms with E-state index in [2.05, 4.69) is 17.0 Å². The summed E-state index contributed by atoms with van der Waals surface area (Å²) in [4.78, 5) is 30.3. The Morgan fingerprint density at radius 1 is 0.919 bits per heavy atom. The molecule has 0 fully saturated rings. The molecular formula is C29H25ClN2O5. The first-order chi connectivity index (χ1) is 17.5. The van der Waals surface area contributed by atoms with Gasteiger partial charge >= 0.3 is 11.9 Å². The highest BCUT2D eigenvalue weighted by atomic mass is 35.5. The van der Waals surface area contributed by atoms with Crippen LogP contribution in [0.1, 0.15) is 32.7 Å². The zero-order valence-corrected chi connectivity index (χ0v) is 20.6. The van der Waals surface area contributed by atoms with Gasteiger partial charge in [0.2, 0.25) is 0 Å². The van der Waals surface area contributed by atoms with Crippen molar-refractivity contribution >= 4 is 46.9 Å². The highest BCUT2D eigenvalue weighted by molar-refractivity contribution is 6.06. The second kappa shape index (κ2) is 11.2. The number of pyridine rings is 1. The van der Waals surface area contributed by atoms with E-state index in [4.69, 9.17) is 14.8 Å². The van der Waals surface area contributed by atoms with Gasteiger partial charge in [0, 0.05) is 30.6 Å². The van der Waals surface area contributed by atoms with Crippen molar-refractivity contribution in [2.75, 3.05) is 13.2 Å². The Morgan fingerprint density at radius 2 is 1.62 bits per heavy atom. The van der Waals surface area contributed by atoms with Crippen LogP contribution in [0, 0.1) is 0 Å². The number of carboxylic acid groups (broad SMARTS) is 2. The Balaban J connectivity index is 0.00000320. The van der Waals surface area contributed by atoms with Gasteiger partial charge in [-0.1, -0.05) is 60.7 Å². The summed E-state index contributed by atoms with van der Waals surface area (Å²) in [6, 6.07) is 24.6. The summed E-state index contributed by atoms with van der Waals surface area (Å²) in [5, 5.41) is 19.6. The summed E-state index contributed by atoms with van der Waals surface area (Å²) in [6.07, 6.45) is 2.00. The minimum absolute atomic E-state index is 0. The predicted octanol–water partition coefficient (Wildman–Crippen LogP) is 5.37. The van der Waals surface area contributed by atoms with Gasteiger partial charge in [-0.15, -0.1) is 12.4 Å². The third-order valence-corrected chi connectivity index (χ3v) is 6.12. The van der Waals surface area contributed by atoms with E-state index < -0.39 is 18.5 Å². The lowest BCUT2D eigenvalue weighted by molar-refractivity contribution is -0.139. The average Bonchev–Trinajstić information content (AvgIpc) is 2.87. The standard InChI is InChI=1S/C29H24N2O5.ClH/c32-26(33)18-36-22-12-10-19(11-13-22)14-21-16-31(15-20-6-2-1-3-7-20)17-24-27(29(34)35)23-8-4-5-9-25(23)30-28(21)24;/h1-14H,15-18H2,(H,32,33)(H,34,35);1H. The molecule has 1 aromatic heterocycles. The molecule has 0 saturated carbocycles. The number of aromatic nitrogens is 1. The number of carbonyl (C=O) groups is 2. The van der Waals surface area contributed by atoms with Crippen LogP contribution in [0.5, 0.6) is 5.75 Å². The highest BCUT2D eigenvalue weighted by Crippen LogP contribution is 2.34. The summed E-state index contributed by atoms with van der Waals surface area (Å²) in [5.74, 6) is -1.54. The van der Waals surface area contributed by atoms with Gasteiger partial charge in [-0.2, -0.15) is 0 Å². The molecule has 0 radical (unpaired) electrons. The van der Waals surface area contributed by atoms with Gasteiger partial charge in [-0.25, -0.2) is 14.6 Å². The SMILES string of the molecule is Cl.O=C(O)COc1ccc(C=C2CN(Cc3ccccc3)Cc3c2nc2ccccc2c3C(=O)O)cc1. The van der Waals surface area contributed by atoms with E-state index in [0.717, 1.165) is 16.7 Å². The maximum absolute atomic E-state index is 12.4. The van der Waals surface area contributed by atoms with E-state index in [1.165, 1.54) is 0 Å². The number of para-hydroxylation sites is 1. The van der Waals surface area contributed by atoms with E-state index in [0.29, 0.717) is 47.5 Å². The fourth-order valence-corrected chi connectivity index (χ4v) is 4.58. The number of carboxylic acids is 2. The van der Waals surface area contributed by atoms with E-state index in [9.17, 15) is 14.7 Å². The smallest absolute Gasteiger partial charge is 0.341 e. The van der Waals surface area contributed by atoms with Crippen LogP contribution in [0.2, 0.25) is 0 Å². The van der Waals surface area contributed by atoms with Crippen molar-refractivity contribution in [3.63, 3.8) is 0 Å². The van der Waals surface area contributed by atoms with E-state index in [1.807, 2.05) is 54.6 Å². The zero-order chi connectivity index (χ0) is 25.1. The lowest BCUT2D eigenvalue weighted by Gasteiger charge is -2.31. The lowest BCUT2D eigenvalue weighted by atomic mass is 9.91. The predicted molar refractivity (Wildman–Crippen MR) is 144 cm³/mol. The molecule has 3 aromatic carbocycles. The fraction of sp³-hybridized carbons (Fsp3) is 0.138. The van der Waals surface area contributed by atoms with Gasteiger partial charge in [0.15, 0.2) is 6.61 Å². The Bertz CT molecular complexity index is 1470. The third-order valence-electron chi connectivity index (χ3n) is 6.12. The normalized spacial score (nSPS) is 14.1. The quantitative estimate of drug-likeness (QED) is 0.340. The molecule has 0 amide bonds. The second-order valence-electron chi connectivity index (χ2n) is 8.69. The van der Waals surface area contributed by atoms with Crippen LogP contribution in [-0.4, -0.2) is 45.2 Å². The van der Waals surface area contributed by atoms with Crippen molar-refractivity contribution in [3.05, 3.63) is 107 Å². The number of aliphatic carboxylic acids is 1. The number of ether oxygens (including phenoxy) is 1. The van der Waals surface area contributed by atoms with E-state index >= 15 is 0 Å². The molecule has 1 aliphatic heterocycles. The van der Waals surface area contributed by atoms with Crippen LogP contribution in [0.3, 0.4) is 0 Å². The van der Waals surface area contributed by atoms with Gasteiger partial charge < -0.3 is 14.9 Å². The molecule has 8 heteroatoms. The molecule has 1 aliphatic rings. The lowest BCUT2D eigenvalue weighted by Crippen LogP contribution is -2.31. The Labute approximate surface area is 220 Å². The molecule has 0 bridgehead atoms. The molecule has 2 N–H and O–H groups in total. The van der Waals surface area contributed by atoms with Crippen molar-refractivity contribution in [3.8, 4) is 5.75 Å². The summed E-state index contributed by atoms with van der Waals surface area (Å²) < 4.78 is 5.24. The maximum Gasteiger partial charge on any atom is 0.341 e. The van der Waals surface area contributed by atoms with Crippen molar-refractivity contribution in [2.24, 2.45) is 0 Å². The summed E-state index contributed by atoms with van der Waals surface area (Å²) in [5.41, 5.74) is 5.28. The summed E-state index contributed by atoms with van der Waals surface area (Å²) in [7, 11) is 0. The number of fused-ring (bicyclic) bond motifs is 2. The molecule has 0 aliphatic carbocycles. The van der Waals surface area contributed by atoms with Crippen molar-refractivity contribution in [1.82, 2.24) is 9.88 Å². The molecule has 37 heavy (non-hydrogen) atoms. The molecule has 2 heterocycles. The molecular weight excluding hydrogens is 492 g/mol. The fourth-order valence-electron chi connectivity index (χ4n) is 4.58. The molecule has 0 atom stereocenters. The van der Waals surface area contributed by atoms with Gasteiger partial charge in [0.25, 0.3) is 0 Å². The van der Waals surface area contributed by atoms with Crippen molar-refractivity contribution < 1.29 is 24.5 Å². The maximum atomic E-state index is 12.4. The van der Waals surface area contributed by atoms with Crippen LogP contribution >= 0.6 is 12.4 Å². The first kappa shape index (κ1) is 25.9. The zero-order valence-electron chi connectivity index (χ0n) is 19.8.